The summed E-state index contributed by atoms with van der Waals surface area (Å²) >= 11 is 0. The normalized spacial score (nSPS) is 23.8. The van der Waals surface area contributed by atoms with Crippen LogP contribution in [0.1, 0.15) is 6.42 Å². The average Bonchev–Trinajstić information content (AvgIpc) is 3.12. The highest BCUT2D eigenvalue weighted by Crippen LogP contribution is 2.24. The number of nitrogens with zero attached hydrogens (tertiary/aromatic N) is 1. The number of hydrogen-bond donors (Lipinski definition) is 3. The average molecular weight is 322 g/mol. The van der Waals surface area contributed by atoms with Crippen LogP contribution in [0.2, 0.25) is 0 Å². The fourth-order valence-corrected chi connectivity index (χ4v) is 3.17. The lowest BCUT2D eigenvalue weighted by molar-refractivity contribution is 0.00355. The summed E-state index contributed by atoms with van der Waals surface area (Å²) in [6.45, 7) is 2.70. The molecule has 0 radical (unpaired) electrons. The summed E-state index contributed by atoms with van der Waals surface area (Å²) in [6.07, 6.45) is 7.86. The van der Waals surface area contributed by atoms with Crippen molar-refractivity contribution in [2.75, 3.05) is 25.0 Å². The third-order valence-corrected chi connectivity index (χ3v) is 4.50. The minimum Gasteiger partial charge on any atom is -0.375 e. The highest BCUT2D eigenvalue weighted by Gasteiger charge is 2.23. The van der Waals surface area contributed by atoms with Crippen LogP contribution in [0.3, 0.4) is 0 Å². The lowest BCUT2D eigenvalue weighted by atomic mass is 9.93. The van der Waals surface area contributed by atoms with Crippen LogP contribution in [-0.4, -0.2) is 36.0 Å². The molecule has 5 heteroatoms. The van der Waals surface area contributed by atoms with Crippen molar-refractivity contribution in [2.24, 2.45) is 5.92 Å². The molecule has 1 unspecified atom stereocenters. The van der Waals surface area contributed by atoms with E-state index in [4.69, 9.17) is 4.74 Å². The van der Waals surface area contributed by atoms with Crippen LogP contribution < -0.4 is 10.6 Å². The number of nitrogens with one attached hydrogen (secondary N) is 3. The quantitative estimate of drug-likeness (QED) is 0.810. The fourth-order valence-electron chi connectivity index (χ4n) is 3.17. The molecule has 1 saturated heterocycles. The van der Waals surface area contributed by atoms with Gasteiger partial charge in [-0.05, 0) is 18.1 Å². The second kappa shape index (κ2) is 7.03. The van der Waals surface area contributed by atoms with Crippen LogP contribution >= 0.6 is 0 Å². The largest absolute Gasteiger partial charge is 0.375 e. The molecule has 0 saturated carbocycles. The van der Waals surface area contributed by atoms with E-state index in [1.54, 1.807) is 0 Å². The molecule has 2 atom stereocenters. The van der Waals surface area contributed by atoms with Gasteiger partial charge in [0.15, 0.2) is 5.82 Å². The van der Waals surface area contributed by atoms with Gasteiger partial charge in [-0.1, -0.05) is 42.5 Å². The Hall–Kier alpha value is -2.37. The van der Waals surface area contributed by atoms with Crippen molar-refractivity contribution in [3.63, 3.8) is 0 Å². The second-order valence-corrected chi connectivity index (χ2v) is 6.19. The lowest BCUT2D eigenvalue weighted by Crippen LogP contribution is -2.42. The molecule has 1 aliphatic carbocycles. The van der Waals surface area contributed by atoms with Crippen LogP contribution in [-0.2, 0) is 4.74 Å². The molecule has 1 aromatic carbocycles. The highest BCUT2D eigenvalue weighted by molar-refractivity contribution is 5.63. The summed E-state index contributed by atoms with van der Waals surface area (Å²) in [5.41, 5.74) is 3.23. The molecule has 1 fully saturated rings. The summed E-state index contributed by atoms with van der Waals surface area (Å²) in [7, 11) is 0. The molecule has 0 bridgehead atoms. The Bertz CT molecular complexity index is 729. The Morgan fingerprint density at radius 1 is 1.21 bits per heavy atom. The topological polar surface area (TPSA) is 62.0 Å². The second-order valence-electron chi connectivity index (χ2n) is 6.19. The van der Waals surface area contributed by atoms with Crippen molar-refractivity contribution >= 4 is 5.82 Å². The Kier molecular flexibility index (Phi) is 4.44. The molecule has 1 aromatic heterocycles. The molecule has 24 heavy (non-hydrogen) atoms. The molecular weight excluding hydrogens is 300 g/mol. The maximum absolute atomic E-state index is 5.84. The fraction of sp³-hybridized carbons (Fsp3) is 0.316. The van der Waals surface area contributed by atoms with Gasteiger partial charge in [-0.15, -0.1) is 0 Å². The Morgan fingerprint density at radius 2 is 2.12 bits per heavy atom. The van der Waals surface area contributed by atoms with Crippen molar-refractivity contribution in [3.05, 3.63) is 60.3 Å². The van der Waals surface area contributed by atoms with Gasteiger partial charge in [0.1, 0.15) is 0 Å². The number of morpholine rings is 1. The summed E-state index contributed by atoms with van der Waals surface area (Å²) in [5, 5.41) is 14.2. The van der Waals surface area contributed by atoms with E-state index in [0.29, 0.717) is 5.92 Å². The van der Waals surface area contributed by atoms with E-state index in [1.165, 1.54) is 0 Å². The van der Waals surface area contributed by atoms with E-state index < -0.39 is 0 Å². The highest BCUT2D eigenvalue weighted by atomic mass is 16.5. The van der Waals surface area contributed by atoms with Crippen LogP contribution in [0.4, 0.5) is 5.82 Å². The van der Waals surface area contributed by atoms with Gasteiger partial charge in [0.05, 0.1) is 18.4 Å². The van der Waals surface area contributed by atoms with Gasteiger partial charge in [0, 0.05) is 30.8 Å². The SMILES string of the molecule is C1=CC([C@H]2CNCCO2)CC=C1Nc1cc(-c2ccccc2)[nH]n1. The van der Waals surface area contributed by atoms with Gasteiger partial charge in [-0.3, -0.25) is 5.10 Å². The number of ether oxygens (including phenoxy) is 1. The number of hydrogen-bond acceptors (Lipinski definition) is 4. The maximum Gasteiger partial charge on any atom is 0.152 e. The van der Waals surface area contributed by atoms with Crippen molar-refractivity contribution in [1.29, 1.82) is 0 Å². The minimum atomic E-state index is 0.280. The number of benzene rings is 1. The summed E-state index contributed by atoms with van der Waals surface area (Å²) in [4.78, 5) is 0. The molecular formula is C19H22N4O. The number of allylic oxidation sites excluding steroid dienone is 2. The third-order valence-electron chi connectivity index (χ3n) is 4.50. The number of anilines is 1. The number of rotatable bonds is 4. The van der Waals surface area contributed by atoms with Gasteiger partial charge in [-0.25, -0.2) is 0 Å². The van der Waals surface area contributed by atoms with Gasteiger partial charge >= 0.3 is 0 Å². The zero-order valence-electron chi connectivity index (χ0n) is 13.5. The standard InChI is InChI=1S/C19H22N4O/c1-2-4-14(5-3-1)17-12-19(23-22-17)21-16-8-6-15(7-9-16)18-13-20-10-11-24-18/h1-6,8-9,12,15,18,20H,7,10-11,13H2,(H2,21,22,23)/t15?,18-/m1/s1. The maximum atomic E-state index is 5.84. The van der Waals surface area contributed by atoms with Crippen molar-refractivity contribution in [1.82, 2.24) is 15.5 Å². The Balaban J connectivity index is 1.37. The number of H-pyrrole nitrogens is 1. The van der Waals surface area contributed by atoms with Crippen molar-refractivity contribution in [3.8, 4) is 11.3 Å². The van der Waals surface area contributed by atoms with Crippen LogP contribution in [0, 0.1) is 5.92 Å². The van der Waals surface area contributed by atoms with E-state index >= 15 is 0 Å². The predicted molar refractivity (Wildman–Crippen MR) is 95.6 cm³/mol. The lowest BCUT2D eigenvalue weighted by Gasteiger charge is -2.30. The first-order valence-electron chi connectivity index (χ1n) is 8.47. The minimum absolute atomic E-state index is 0.280. The van der Waals surface area contributed by atoms with Crippen LogP contribution in [0.5, 0.6) is 0 Å². The van der Waals surface area contributed by atoms with Gasteiger partial charge < -0.3 is 15.4 Å². The molecule has 5 nitrogen and oxygen atoms in total. The molecule has 4 rings (SSSR count). The zero-order chi connectivity index (χ0) is 16.2. The number of aromatic nitrogens is 2. The van der Waals surface area contributed by atoms with Gasteiger partial charge in [-0.2, -0.15) is 5.10 Å². The van der Waals surface area contributed by atoms with E-state index in [0.717, 1.165) is 48.9 Å². The van der Waals surface area contributed by atoms with E-state index in [-0.39, 0.29) is 6.10 Å². The third kappa shape index (κ3) is 3.42. The number of aromatic amines is 1. The first kappa shape index (κ1) is 15.2. The summed E-state index contributed by atoms with van der Waals surface area (Å²) in [5.74, 6) is 1.28. The molecule has 0 amide bonds. The smallest absolute Gasteiger partial charge is 0.152 e. The van der Waals surface area contributed by atoms with Gasteiger partial charge in [0.25, 0.3) is 0 Å². The molecule has 3 N–H and O–H groups in total. The Labute approximate surface area is 141 Å². The summed E-state index contributed by atoms with van der Waals surface area (Å²) < 4.78 is 5.84. The molecule has 2 aromatic rings. The van der Waals surface area contributed by atoms with E-state index in [2.05, 4.69) is 51.2 Å². The molecule has 124 valence electrons. The predicted octanol–water partition coefficient (Wildman–Crippen LogP) is 2.94. The monoisotopic (exact) mass is 322 g/mol. The van der Waals surface area contributed by atoms with E-state index in [1.807, 2.05) is 24.3 Å². The van der Waals surface area contributed by atoms with Gasteiger partial charge in [0.2, 0.25) is 0 Å². The first-order valence-corrected chi connectivity index (χ1v) is 8.47. The molecule has 1 aliphatic heterocycles. The van der Waals surface area contributed by atoms with Crippen LogP contribution in [0.25, 0.3) is 11.3 Å². The molecule has 0 spiro atoms. The summed E-state index contributed by atoms with van der Waals surface area (Å²) in [6, 6.07) is 12.2. The first-order chi connectivity index (χ1) is 11.9. The van der Waals surface area contributed by atoms with E-state index in [9.17, 15) is 0 Å². The van der Waals surface area contributed by atoms with Crippen LogP contribution in [0.15, 0.2) is 60.3 Å². The molecule has 2 aliphatic rings. The Morgan fingerprint density at radius 3 is 2.88 bits per heavy atom. The molecule has 2 heterocycles. The van der Waals surface area contributed by atoms with Crippen molar-refractivity contribution in [2.45, 2.75) is 12.5 Å². The zero-order valence-corrected chi connectivity index (χ0v) is 13.5. The van der Waals surface area contributed by atoms with Crippen molar-refractivity contribution < 1.29 is 4.74 Å².